The van der Waals surface area contributed by atoms with Crippen LogP contribution in [0, 0.1) is 0 Å². The van der Waals surface area contributed by atoms with E-state index in [1.54, 1.807) is 4.90 Å². The molecule has 1 fully saturated rings. The van der Waals surface area contributed by atoms with E-state index in [0.29, 0.717) is 6.54 Å². The second-order valence-corrected chi connectivity index (χ2v) is 6.24. The van der Waals surface area contributed by atoms with Crippen LogP contribution in [0.4, 0.5) is 18.0 Å². The van der Waals surface area contributed by atoms with E-state index in [9.17, 15) is 23.1 Å². The number of carbonyl (C=O) groups excluding carboxylic acids is 1. The summed E-state index contributed by atoms with van der Waals surface area (Å²) in [4.78, 5) is 17.4. The molecular weight excluding hydrogens is 325 g/mol. The summed E-state index contributed by atoms with van der Waals surface area (Å²) in [6.45, 7) is 2.21. The molecule has 2 amide bonds. The van der Waals surface area contributed by atoms with E-state index in [-0.39, 0.29) is 12.6 Å². The van der Waals surface area contributed by atoms with Crippen LogP contribution in [0.25, 0.3) is 0 Å². The van der Waals surface area contributed by atoms with Gasteiger partial charge in [-0.25, -0.2) is 9.78 Å². The molecule has 2 N–H and O–H groups in total. The minimum absolute atomic E-state index is 0.0646. The van der Waals surface area contributed by atoms with Gasteiger partial charge in [0.2, 0.25) is 5.60 Å². The second kappa shape index (κ2) is 7.00. The van der Waals surface area contributed by atoms with Gasteiger partial charge in [0.15, 0.2) is 0 Å². The number of halogens is 3. The molecule has 1 aromatic rings. The zero-order valence-corrected chi connectivity index (χ0v) is 13.8. The van der Waals surface area contributed by atoms with Crippen molar-refractivity contribution in [3.8, 4) is 0 Å². The molecule has 0 saturated carbocycles. The van der Waals surface area contributed by atoms with E-state index in [1.165, 1.54) is 19.4 Å². The third kappa shape index (κ3) is 3.66. The van der Waals surface area contributed by atoms with E-state index in [0.717, 1.165) is 23.8 Å². The van der Waals surface area contributed by atoms with E-state index < -0.39 is 30.1 Å². The monoisotopic (exact) mass is 348 g/mol. The third-order valence-corrected chi connectivity index (χ3v) is 4.49. The maximum absolute atomic E-state index is 13.4. The van der Waals surface area contributed by atoms with Crippen LogP contribution in [0.5, 0.6) is 0 Å². The van der Waals surface area contributed by atoms with Crippen LogP contribution < -0.4 is 5.32 Å². The lowest BCUT2D eigenvalue weighted by Crippen LogP contribution is -2.50. The lowest BCUT2D eigenvalue weighted by molar-refractivity contribution is -0.272. The van der Waals surface area contributed by atoms with Crippen molar-refractivity contribution in [3.63, 3.8) is 0 Å². The van der Waals surface area contributed by atoms with Crippen molar-refractivity contribution in [2.45, 2.75) is 50.4 Å². The fourth-order valence-corrected chi connectivity index (χ4v) is 3.00. The number of urea groups is 1. The molecule has 0 radical (unpaired) electrons. The lowest BCUT2D eigenvalue weighted by atomic mass is 9.97. The minimum Gasteiger partial charge on any atom is -0.374 e. The number of hydrogen-bond donors (Lipinski definition) is 2. The first-order valence-corrected chi connectivity index (χ1v) is 7.98. The van der Waals surface area contributed by atoms with Gasteiger partial charge in [-0.05, 0) is 26.2 Å². The highest BCUT2D eigenvalue weighted by atomic mass is 19.4. The summed E-state index contributed by atoms with van der Waals surface area (Å²) in [6.07, 6.45) is -0.257. The zero-order chi connectivity index (χ0) is 18.0. The van der Waals surface area contributed by atoms with Gasteiger partial charge in [0.25, 0.3) is 0 Å². The Morgan fingerprint density at radius 3 is 2.71 bits per heavy atom. The minimum atomic E-state index is -4.89. The number of likely N-dealkylation sites (tertiary alicyclic amines) is 1. The van der Waals surface area contributed by atoms with Crippen molar-refractivity contribution < 1.29 is 23.1 Å². The molecule has 0 bridgehead atoms. The normalized spacial score (nSPS) is 21.4. The average molecular weight is 348 g/mol. The third-order valence-electron chi connectivity index (χ3n) is 4.49. The number of aromatic nitrogens is 2. The zero-order valence-electron chi connectivity index (χ0n) is 13.8. The highest BCUT2D eigenvalue weighted by molar-refractivity contribution is 5.74. The van der Waals surface area contributed by atoms with Gasteiger partial charge in [-0.3, -0.25) is 0 Å². The molecule has 0 aromatic carbocycles. The Morgan fingerprint density at radius 1 is 1.46 bits per heavy atom. The molecule has 1 saturated heterocycles. The van der Waals surface area contributed by atoms with Crippen molar-refractivity contribution in [2.24, 2.45) is 7.05 Å². The first kappa shape index (κ1) is 18.6. The second-order valence-electron chi connectivity index (χ2n) is 6.24. The van der Waals surface area contributed by atoms with Gasteiger partial charge in [-0.1, -0.05) is 0 Å². The lowest BCUT2D eigenvalue weighted by Gasteiger charge is -2.34. The fraction of sp³-hybridized carbons (Fsp3) is 0.733. The predicted octanol–water partition coefficient (Wildman–Crippen LogP) is 2.14. The number of imidazole rings is 1. The van der Waals surface area contributed by atoms with Crippen LogP contribution in [-0.4, -0.2) is 50.9 Å². The number of amides is 2. The van der Waals surface area contributed by atoms with Crippen LogP contribution in [0.1, 0.15) is 38.4 Å². The molecule has 6 nitrogen and oxygen atoms in total. The smallest absolute Gasteiger partial charge is 0.374 e. The maximum atomic E-state index is 13.4. The molecule has 0 aliphatic carbocycles. The molecule has 0 spiro atoms. The molecular formula is C15H23F3N4O2. The number of rotatable bonds is 4. The summed E-state index contributed by atoms with van der Waals surface area (Å²) in [5, 5.41) is 12.7. The highest BCUT2D eigenvalue weighted by Gasteiger charge is 2.57. The fourth-order valence-electron chi connectivity index (χ4n) is 3.00. The summed E-state index contributed by atoms with van der Waals surface area (Å²) in [5.74, 6) is -0.490. The number of nitrogens with one attached hydrogen (secondary N) is 1. The summed E-state index contributed by atoms with van der Waals surface area (Å²) in [7, 11) is 1.38. The van der Waals surface area contributed by atoms with Crippen LogP contribution in [-0.2, 0) is 12.6 Å². The van der Waals surface area contributed by atoms with Gasteiger partial charge < -0.3 is 19.9 Å². The van der Waals surface area contributed by atoms with Crippen molar-refractivity contribution in [1.29, 1.82) is 0 Å². The summed E-state index contributed by atoms with van der Waals surface area (Å²) in [6, 6.07) is -0.332. The molecule has 2 rings (SSSR count). The van der Waals surface area contributed by atoms with Gasteiger partial charge in [0.05, 0.1) is 0 Å². The Hall–Kier alpha value is -1.77. The van der Waals surface area contributed by atoms with Crippen LogP contribution in [0.15, 0.2) is 12.4 Å². The Kier molecular flexibility index (Phi) is 5.42. The first-order valence-electron chi connectivity index (χ1n) is 7.98. The number of alkyl halides is 3. The van der Waals surface area contributed by atoms with Gasteiger partial charge >= 0.3 is 12.2 Å². The molecule has 136 valence electrons. The number of hydrogen-bond acceptors (Lipinski definition) is 3. The number of aryl methyl sites for hydroxylation is 1. The molecule has 1 aliphatic heterocycles. The van der Waals surface area contributed by atoms with E-state index in [4.69, 9.17) is 0 Å². The average Bonchev–Trinajstić information content (AvgIpc) is 2.92. The largest absolute Gasteiger partial charge is 0.424 e. The maximum Gasteiger partial charge on any atom is 0.424 e. The number of carbonyl (C=O) groups is 1. The quantitative estimate of drug-likeness (QED) is 0.876. The summed E-state index contributed by atoms with van der Waals surface area (Å²) in [5.41, 5.74) is -3.11. The summed E-state index contributed by atoms with van der Waals surface area (Å²) >= 11 is 0. The van der Waals surface area contributed by atoms with E-state index >= 15 is 0 Å². The van der Waals surface area contributed by atoms with Crippen molar-refractivity contribution >= 4 is 6.03 Å². The van der Waals surface area contributed by atoms with Crippen LogP contribution in [0.2, 0.25) is 0 Å². The Labute approximate surface area is 138 Å². The SMILES string of the molecule is C[C@H]1CCCCN1C(=O)NCC[C@](O)(c1nccn1C)C(F)(F)F. The van der Waals surface area contributed by atoms with Gasteiger partial charge in [0.1, 0.15) is 5.82 Å². The molecule has 2 atom stereocenters. The molecule has 0 unspecified atom stereocenters. The first-order chi connectivity index (χ1) is 11.2. The molecule has 1 aliphatic rings. The van der Waals surface area contributed by atoms with Crippen LogP contribution in [0.3, 0.4) is 0 Å². The van der Waals surface area contributed by atoms with E-state index in [1.807, 2.05) is 6.92 Å². The number of piperidine rings is 1. The van der Waals surface area contributed by atoms with Gasteiger partial charge in [-0.2, -0.15) is 13.2 Å². The topological polar surface area (TPSA) is 70.4 Å². The molecule has 2 heterocycles. The van der Waals surface area contributed by atoms with Crippen molar-refractivity contribution in [1.82, 2.24) is 19.8 Å². The number of aliphatic hydroxyl groups is 1. The Bertz CT molecular complexity index is 575. The van der Waals surface area contributed by atoms with E-state index in [2.05, 4.69) is 10.3 Å². The standard InChI is InChI=1S/C15H23F3N4O2/c1-11-5-3-4-9-22(11)13(23)20-7-6-14(24,15(16,17)18)12-19-8-10-21(12)2/h8,10-11,24H,3-7,9H2,1-2H3,(H,20,23)/t11-,14-/m0/s1. The Balaban J connectivity index is 2.02. The Morgan fingerprint density at radius 2 is 2.17 bits per heavy atom. The predicted molar refractivity (Wildman–Crippen MR) is 81.2 cm³/mol. The highest BCUT2D eigenvalue weighted by Crippen LogP contribution is 2.40. The van der Waals surface area contributed by atoms with Crippen LogP contribution >= 0.6 is 0 Å². The number of nitrogens with zero attached hydrogens (tertiary/aromatic N) is 3. The van der Waals surface area contributed by atoms with Gasteiger partial charge in [-0.15, -0.1) is 0 Å². The van der Waals surface area contributed by atoms with Crippen molar-refractivity contribution in [3.05, 3.63) is 18.2 Å². The molecule has 24 heavy (non-hydrogen) atoms. The summed E-state index contributed by atoms with van der Waals surface area (Å²) < 4.78 is 41.2. The molecule has 1 aromatic heterocycles. The van der Waals surface area contributed by atoms with Crippen molar-refractivity contribution in [2.75, 3.05) is 13.1 Å². The van der Waals surface area contributed by atoms with Gasteiger partial charge in [0, 0.05) is 45.0 Å². The molecule has 9 heteroatoms.